The van der Waals surface area contributed by atoms with E-state index in [4.69, 9.17) is 5.11 Å². The van der Waals surface area contributed by atoms with Crippen molar-refractivity contribution in [1.29, 1.82) is 0 Å². The predicted molar refractivity (Wildman–Crippen MR) is 70.6 cm³/mol. The van der Waals surface area contributed by atoms with Gasteiger partial charge in [0.25, 0.3) is 0 Å². The maximum absolute atomic E-state index is 11.8. The Kier molecular flexibility index (Phi) is 6.11. The molecule has 2 N–H and O–H groups in total. The highest BCUT2D eigenvalue weighted by atomic mass is 16.4. The summed E-state index contributed by atoms with van der Waals surface area (Å²) in [7, 11) is 5.43. The SMILES string of the molecule is CC(C(=O)O)N(C)C(=O)NCC(C)(C)CN(C)C. The van der Waals surface area contributed by atoms with Crippen molar-refractivity contribution in [2.24, 2.45) is 5.41 Å². The van der Waals surface area contributed by atoms with Gasteiger partial charge in [0, 0.05) is 20.1 Å². The van der Waals surface area contributed by atoms with Crippen molar-refractivity contribution in [2.75, 3.05) is 34.2 Å². The molecule has 0 aromatic heterocycles. The van der Waals surface area contributed by atoms with Gasteiger partial charge < -0.3 is 20.2 Å². The van der Waals surface area contributed by atoms with E-state index in [0.717, 1.165) is 6.54 Å². The van der Waals surface area contributed by atoms with Gasteiger partial charge in [0.1, 0.15) is 6.04 Å². The van der Waals surface area contributed by atoms with Gasteiger partial charge in [0.2, 0.25) is 0 Å². The number of hydrogen-bond donors (Lipinski definition) is 2. The summed E-state index contributed by atoms with van der Waals surface area (Å²) < 4.78 is 0. The maximum atomic E-state index is 11.8. The largest absolute Gasteiger partial charge is 0.480 e. The molecule has 0 heterocycles. The maximum Gasteiger partial charge on any atom is 0.326 e. The smallest absolute Gasteiger partial charge is 0.326 e. The van der Waals surface area contributed by atoms with Gasteiger partial charge in [-0.15, -0.1) is 0 Å². The second kappa shape index (κ2) is 6.58. The van der Waals surface area contributed by atoms with Crippen molar-refractivity contribution in [3.8, 4) is 0 Å². The van der Waals surface area contributed by atoms with E-state index in [9.17, 15) is 9.59 Å². The molecule has 0 aliphatic carbocycles. The minimum atomic E-state index is -1.01. The van der Waals surface area contributed by atoms with Gasteiger partial charge >= 0.3 is 12.0 Å². The topological polar surface area (TPSA) is 72.9 Å². The number of aliphatic carboxylic acids is 1. The zero-order valence-corrected chi connectivity index (χ0v) is 12.1. The van der Waals surface area contributed by atoms with Crippen LogP contribution in [0.4, 0.5) is 4.79 Å². The summed E-state index contributed by atoms with van der Waals surface area (Å²) in [5.74, 6) is -1.01. The van der Waals surface area contributed by atoms with Crippen LogP contribution >= 0.6 is 0 Å². The van der Waals surface area contributed by atoms with E-state index in [1.165, 1.54) is 18.9 Å². The minimum absolute atomic E-state index is 0.0630. The van der Waals surface area contributed by atoms with Crippen LogP contribution in [-0.4, -0.2) is 67.2 Å². The molecule has 0 spiro atoms. The van der Waals surface area contributed by atoms with Crippen molar-refractivity contribution in [1.82, 2.24) is 15.1 Å². The molecule has 1 unspecified atom stereocenters. The fourth-order valence-corrected chi connectivity index (χ4v) is 1.69. The molecule has 6 heteroatoms. The Labute approximate surface area is 109 Å². The summed E-state index contributed by atoms with van der Waals surface area (Å²) in [6, 6.07) is -1.20. The summed E-state index contributed by atoms with van der Waals surface area (Å²) in [5.41, 5.74) is -0.0630. The average Bonchev–Trinajstić information content (AvgIpc) is 2.21. The standard InChI is InChI=1S/C12H25N3O3/c1-9(10(16)17)15(6)11(18)13-7-12(2,3)8-14(4)5/h9H,7-8H2,1-6H3,(H,13,18)(H,16,17). The number of carboxylic acid groups (broad SMARTS) is 1. The predicted octanol–water partition coefficient (Wildman–Crippen LogP) is 0.689. The Hall–Kier alpha value is -1.30. The molecule has 106 valence electrons. The number of amides is 2. The van der Waals surface area contributed by atoms with Crippen molar-refractivity contribution < 1.29 is 14.7 Å². The van der Waals surface area contributed by atoms with E-state index in [2.05, 4.69) is 10.2 Å². The van der Waals surface area contributed by atoms with Crippen molar-refractivity contribution in [3.63, 3.8) is 0 Å². The van der Waals surface area contributed by atoms with Crippen molar-refractivity contribution in [3.05, 3.63) is 0 Å². The molecule has 2 amide bonds. The Balaban J connectivity index is 4.29. The zero-order valence-electron chi connectivity index (χ0n) is 12.1. The lowest BCUT2D eigenvalue weighted by molar-refractivity contribution is -0.141. The van der Waals surface area contributed by atoms with Crippen molar-refractivity contribution in [2.45, 2.75) is 26.8 Å². The lowest BCUT2D eigenvalue weighted by Crippen LogP contribution is -2.49. The molecule has 6 nitrogen and oxygen atoms in total. The molecular weight excluding hydrogens is 234 g/mol. The second-order valence-electron chi connectivity index (χ2n) is 5.69. The molecule has 0 aromatic rings. The first kappa shape index (κ1) is 16.7. The van der Waals surface area contributed by atoms with Crippen LogP contribution < -0.4 is 5.32 Å². The summed E-state index contributed by atoms with van der Waals surface area (Å²) >= 11 is 0. The molecule has 0 rings (SSSR count). The average molecular weight is 259 g/mol. The van der Waals surface area contributed by atoms with E-state index in [-0.39, 0.29) is 11.4 Å². The van der Waals surface area contributed by atoms with E-state index < -0.39 is 12.0 Å². The molecule has 1 atom stereocenters. The highest BCUT2D eigenvalue weighted by Gasteiger charge is 2.24. The van der Waals surface area contributed by atoms with Crippen molar-refractivity contribution >= 4 is 12.0 Å². The van der Waals surface area contributed by atoms with Gasteiger partial charge in [-0.3, -0.25) is 0 Å². The highest BCUT2D eigenvalue weighted by molar-refractivity contribution is 5.82. The van der Waals surface area contributed by atoms with Crippen LogP contribution in [0.15, 0.2) is 0 Å². The number of carboxylic acids is 1. The third kappa shape index (κ3) is 5.86. The number of nitrogens with zero attached hydrogens (tertiary/aromatic N) is 2. The first-order chi connectivity index (χ1) is 8.07. The fourth-order valence-electron chi connectivity index (χ4n) is 1.69. The summed E-state index contributed by atoms with van der Waals surface area (Å²) in [4.78, 5) is 25.8. The van der Waals surface area contributed by atoms with Crippen LogP contribution in [0.5, 0.6) is 0 Å². The Morgan fingerprint density at radius 1 is 1.28 bits per heavy atom. The fraction of sp³-hybridized carbons (Fsp3) is 0.833. The number of nitrogens with one attached hydrogen (secondary N) is 1. The summed E-state index contributed by atoms with van der Waals surface area (Å²) in [6.07, 6.45) is 0. The van der Waals surface area contributed by atoms with Crippen LogP contribution in [0.1, 0.15) is 20.8 Å². The van der Waals surface area contributed by atoms with Gasteiger partial charge in [-0.1, -0.05) is 13.8 Å². The quantitative estimate of drug-likeness (QED) is 0.736. The summed E-state index contributed by atoms with van der Waals surface area (Å²) in [5, 5.41) is 11.6. The molecule has 0 aliphatic rings. The van der Waals surface area contributed by atoms with Gasteiger partial charge in [0.15, 0.2) is 0 Å². The normalized spacial score (nSPS) is 13.3. The number of hydrogen-bond acceptors (Lipinski definition) is 3. The van der Waals surface area contributed by atoms with Crippen LogP contribution in [-0.2, 0) is 4.79 Å². The molecule has 0 aromatic carbocycles. The van der Waals surface area contributed by atoms with Gasteiger partial charge in [-0.05, 0) is 26.4 Å². The second-order valence-corrected chi connectivity index (χ2v) is 5.69. The number of carbonyl (C=O) groups is 2. The van der Waals surface area contributed by atoms with E-state index in [1.807, 2.05) is 27.9 Å². The number of likely N-dealkylation sites (N-methyl/N-ethyl adjacent to an activating group) is 1. The minimum Gasteiger partial charge on any atom is -0.480 e. The first-order valence-electron chi connectivity index (χ1n) is 5.95. The van der Waals surface area contributed by atoms with E-state index in [1.54, 1.807) is 0 Å². The van der Waals surface area contributed by atoms with Crippen LogP contribution in [0.3, 0.4) is 0 Å². The first-order valence-corrected chi connectivity index (χ1v) is 5.95. The Morgan fingerprint density at radius 2 is 1.78 bits per heavy atom. The van der Waals surface area contributed by atoms with Crippen LogP contribution in [0.2, 0.25) is 0 Å². The molecule has 0 fully saturated rings. The van der Waals surface area contributed by atoms with Gasteiger partial charge in [-0.25, -0.2) is 9.59 Å². The molecule has 0 radical (unpaired) electrons. The molecule has 18 heavy (non-hydrogen) atoms. The molecule has 0 saturated heterocycles. The number of carbonyl (C=O) groups excluding carboxylic acids is 1. The van der Waals surface area contributed by atoms with Gasteiger partial charge in [-0.2, -0.15) is 0 Å². The summed E-state index contributed by atoms with van der Waals surface area (Å²) in [6.45, 7) is 6.92. The Morgan fingerprint density at radius 3 is 2.17 bits per heavy atom. The lowest BCUT2D eigenvalue weighted by Gasteiger charge is -2.30. The number of urea groups is 1. The van der Waals surface area contributed by atoms with Crippen LogP contribution in [0.25, 0.3) is 0 Å². The lowest BCUT2D eigenvalue weighted by atomic mass is 9.93. The van der Waals surface area contributed by atoms with E-state index >= 15 is 0 Å². The monoisotopic (exact) mass is 259 g/mol. The molecule has 0 aliphatic heterocycles. The Bertz CT molecular complexity index is 303. The molecule has 0 bridgehead atoms. The third-order valence-corrected chi connectivity index (χ3v) is 2.72. The molecular formula is C12H25N3O3. The van der Waals surface area contributed by atoms with Gasteiger partial charge in [0.05, 0.1) is 0 Å². The number of rotatable bonds is 6. The molecule has 0 saturated carbocycles. The zero-order chi connectivity index (χ0) is 14.5. The van der Waals surface area contributed by atoms with Crippen LogP contribution in [0, 0.1) is 5.41 Å². The van der Waals surface area contributed by atoms with E-state index in [0.29, 0.717) is 6.54 Å². The highest BCUT2D eigenvalue weighted by Crippen LogP contribution is 2.14. The third-order valence-electron chi connectivity index (χ3n) is 2.72.